The van der Waals surface area contributed by atoms with Crippen molar-refractivity contribution in [2.45, 2.75) is 31.2 Å². The van der Waals surface area contributed by atoms with Crippen molar-refractivity contribution in [3.63, 3.8) is 0 Å². The molecule has 1 spiro atoms. The first kappa shape index (κ1) is 11.5. The second kappa shape index (κ2) is 4.14. The summed E-state index contributed by atoms with van der Waals surface area (Å²) in [5.41, 5.74) is -0.714. The van der Waals surface area contributed by atoms with Crippen molar-refractivity contribution >= 4 is 23.0 Å². The summed E-state index contributed by atoms with van der Waals surface area (Å²) >= 11 is -1.98. The molecule has 6 nitrogen and oxygen atoms in total. The van der Waals surface area contributed by atoms with Gasteiger partial charge in [-0.05, 0) is 12.8 Å². The topological polar surface area (TPSA) is 86.7 Å². The molecule has 2 fully saturated rings. The normalized spacial score (nSPS) is 25.2. The van der Waals surface area contributed by atoms with Gasteiger partial charge in [-0.1, -0.05) is 12.8 Å². The van der Waals surface area contributed by atoms with Gasteiger partial charge in [-0.2, -0.15) is 0 Å². The Hall–Kier alpha value is -0.950. The minimum atomic E-state index is -1.98. The Labute approximate surface area is 95.7 Å². The van der Waals surface area contributed by atoms with Crippen LogP contribution in [0, 0.1) is 0 Å². The number of carbonyl (C=O) groups excluding carboxylic acids is 2. The van der Waals surface area contributed by atoms with Gasteiger partial charge in [0.15, 0.2) is 11.1 Å². The molecule has 1 saturated carbocycles. The van der Waals surface area contributed by atoms with Gasteiger partial charge in [-0.25, -0.2) is 9.00 Å². The molecule has 1 unspecified atom stereocenters. The second-order valence-electron chi connectivity index (χ2n) is 4.20. The summed E-state index contributed by atoms with van der Waals surface area (Å²) in [4.78, 5) is 24.6. The number of hydrogen-bond donors (Lipinski definition) is 2. The summed E-state index contributed by atoms with van der Waals surface area (Å²) in [7, 11) is 0. The molecule has 1 aliphatic carbocycles. The highest BCUT2D eigenvalue weighted by Crippen LogP contribution is 2.34. The average Bonchev–Trinajstić information content (AvgIpc) is 2.74. The van der Waals surface area contributed by atoms with Gasteiger partial charge in [-0.3, -0.25) is 9.69 Å². The maximum atomic E-state index is 12.0. The van der Waals surface area contributed by atoms with Crippen molar-refractivity contribution in [3.05, 3.63) is 0 Å². The SMILES string of the molecule is O=C1NC2(CCCC2)C(=O)N1CCS(=O)O. The van der Waals surface area contributed by atoms with Crippen molar-refractivity contribution in [2.24, 2.45) is 0 Å². The third kappa shape index (κ3) is 1.84. The highest BCUT2D eigenvalue weighted by molar-refractivity contribution is 7.79. The van der Waals surface area contributed by atoms with Crippen molar-refractivity contribution in [3.8, 4) is 0 Å². The maximum absolute atomic E-state index is 12.0. The number of imide groups is 1. The van der Waals surface area contributed by atoms with Crippen molar-refractivity contribution < 1.29 is 18.4 Å². The van der Waals surface area contributed by atoms with Gasteiger partial charge >= 0.3 is 6.03 Å². The van der Waals surface area contributed by atoms with Gasteiger partial charge in [0.25, 0.3) is 5.91 Å². The smallest absolute Gasteiger partial charge is 0.323 e. The molecule has 0 aromatic heterocycles. The fourth-order valence-corrected chi connectivity index (χ4v) is 2.70. The molecule has 0 aromatic carbocycles. The summed E-state index contributed by atoms with van der Waals surface area (Å²) < 4.78 is 19.2. The van der Waals surface area contributed by atoms with Crippen molar-refractivity contribution in [1.82, 2.24) is 10.2 Å². The molecule has 7 heteroatoms. The summed E-state index contributed by atoms with van der Waals surface area (Å²) in [6.45, 7) is 0.00945. The Morgan fingerprint density at radius 2 is 2.00 bits per heavy atom. The van der Waals surface area contributed by atoms with E-state index in [0.29, 0.717) is 12.8 Å². The fraction of sp³-hybridized carbons (Fsp3) is 0.778. The van der Waals surface area contributed by atoms with Crippen LogP contribution >= 0.6 is 0 Å². The number of amides is 3. The van der Waals surface area contributed by atoms with E-state index in [1.165, 1.54) is 0 Å². The minimum Gasteiger partial charge on any atom is -0.323 e. The van der Waals surface area contributed by atoms with Crippen molar-refractivity contribution in [2.75, 3.05) is 12.3 Å². The van der Waals surface area contributed by atoms with Gasteiger partial charge < -0.3 is 9.87 Å². The van der Waals surface area contributed by atoms with Gasteiger partial charge in [0.05, 0.1) is 5.75 Å². The Kier molecular flexibility index (Phi) is 2.98. The van der Waals surface area contributed by atoms with Crippen LogP contribution in [0.3, 0.4) is 0 Å². The van der Waals surface area contributed by atoms with Crippen LogP contribution in [0.1, 0.15) is 25.7 Å². The Balaban J connectivity index is 2.07. The third-order valence-corrected chi connectivity index (χ3v) is 3.72. The largest absolute Gasteiger partial charge is 0.325 e. The van der Waals surface area contributed by atoms with E-state index >= 15 is 0 Å². The molecule has 1 heterocycles. The van der Waals surface area contributed by atoms with Crippen LogP contribution in [0.2, 0.25) is 0 Å². The number of rotatable bonds is 3. The lowest BCUT2D eigenvalue weighted by Gasteiger charge is -2.19. The zero-order chi connectivity index (χ0) is 11.8. The molecule has 16 heavy (non-hydrogen) atoms. The molecule has 3 amide bonds. The first-order valence-corrected chi connectivity index (χ1v) is 6.54. The molecule has 0 radical (unpaired) electrons. The number of carbonyl (C=O) groups is 2. The van der Waals surface area contributed by atoms with Gasteiger partial charge in [0.2, 0.25) is 0 Å². The molecule has 1 atom stereocenters. The molecule has 2 aliphatic rings. The van der Waals surface area contributed by atoms with Crippen LogP contribution in [-0.4, -0.2) is 43.4 Å². The Morgan fingerprint density at radius 3 is 2.56 bits per heavy atom. The lowest BCUT2D eigenvalue weighted by Crippen LogP contribution is -2.44. The molecule has 2 rings (SSSR count). The number of urea groups is 1. The molecular weight excluding hydrogens is 232 g/mol. The van der Waals surface area contributed by atoms with Crippen LogP contribution in [-0.2, 0) is 15.9 Å². The molecule has 2 N–H and O–H groups in total. The fourth-order valence-electron chi connectivity index (χ4n) is 2.37. The van der Waals surface area contributed by atoms with Crippen LogP contribution < -0.4 is 5.32 Å². The van der Waals surface area contributed by atoms with E-state index in [1.54, 1.807) is 0 Å². The summed E-state index contributed by atoms with van der Waals surface area (Å²) in [5, 5.41) is 2.71. The minimum absolute atomic E-state index is 0.00945. The van der Waals surface area contributed by atoms with Crippen LogP contribution in [0.15, 0.2) is 0 Å². The number of nitrogens with zero attached hydrogens (tertiary/aromatic N) is 1. The quantitative estimate of drug-likeness (QED) is 0.545. The number of nitrogens with one attached hydrogen (secondary N) is 1. The first-order chi connectivity index (χ1) is 7.55. The average molecular weight is 246 g/mol. The Bertz CT molecular complexity index is 351. The van der Waals surface area contributed by atoms with E-state index in [-0.39, 0.29) is 18.2 Å². The molecular formula is C9H14N2O4S. The van der Waals surface area contributed by atoms with Crippen LogP contribution in [0.25, 0.3) is 0 Å². The van der Waals surface area contributed by atoms with E-state index < -0.39 is 22.7 Å². The molecule has 1 aliphatic heterocycles. The predicted octanol–water partition coefficient (Wildman–Crippen LogP) is 0.0727. The highest BCUT2D eigenvalue weighted by atomic mass is 32.2. The van der Waals surface area contributed by atoms with Gasteiger partial charge in [0, 0.05) is 6.54 Å². The lowest BCUT2D eigenvalue weighted by atomic mass is 9.98. The molecule has 90 valence electrons. The zero-order valence-electron chi connectivity index (χ0n) is 8.77. The van der Waals surface area contributed by atoms with E-state index in [0.717, 1.165) is 17.7 Å². The van der Waals surface area contributed by atoms with Gasteiger partial charge in [-0.15, -0.1) is 0 Å². The van der Waals surface area contributed by atoms with Crippen molar-refractivity contribution in [1.29, 1.82) is 0 Å². The Morgan fingerprint density at radius 1 is 1.38 bits per heavy atom. The number of hydrogen-bond acceptors (Lipinski definition) is 3. The second-order valence-corrected chi connectivity index (χ2v) is 5.25. The van der Waals surface area contributed by atoms with Gasteiger partial charge in [0.1, 0.15) is 5.54 Å². The zero-order valence-corrected chi connectivity index (χ0v) is 9.59. The van der Waals surface area contributed by atoms with E-state index in [1.807, 2.05) is 0 Å². The highest BCUT2D eigenvalue weighted by Gasteiger charge is 2.52. The van der Waals surface area contributed by atoms with Crippen LogP contribution in [0.4, 0.5) is 4.79 Å². The van der Waals surface area contributed by atoms with Crippen LogP contribution in [0.5, 0.6) is 0 Å². The van der Waals surface area contributed by atoms with E-state index in [4.69, 9.17) is 4.55 Å². The first-order valence-electron chi connectivity index (χ1n) is 5.27. The summed E-state index contributed by atoms with van der Waals surface area (Å²) in [5.74, 6) is -0.324. The van der Waals surface area contributed by atoms with E-state index in [2.05, 4.69) is 5.32 Å². The molecule has 0 aromatic rings. The predicted molar refractivity (Wildman–Crippen MR) is 57.1 cm³/mol. The standard InChI is InChI=1S/C9H14N2O4S/c12-7-9(3-1-2-4-9)10-8(13)11(7)5-6-16(14)15/h1-6H2,(H,10,13)(H,14,15). The maximum Gasteiger partial charge on any atom is 0.325 e. The summed E-state index contributed by atoms with van der Waals surface area (Å²) in [6.07, 6.45) is 3.23. The molecule has 1 saturated heterocycles. The third-order valence-electron chi connectivity index (χ3n) is 3.19. The monoisotopic (exact) mass is 246 g/mol. The lowest BCUT2D eigenvalue weighted by molar-refractivity contribution is -0.130. The molecule has 0 bridgehead atoms. The summed E-state index contributed by atoms with van der Waals surface area (Å²) in [6, 6.07) is -0.433. The van der Waals surface area contributed by atoms with E-state index in [9.17, 15) is 13.8 Å².